The lowest BCUT2D eigenvalue weighted by Crippen LogP contribution is -2.48. The van der Waals surface area contributed by atoms with Crippen LogP contribution < -0.4 is 5.32 Å². The number of rotatable bonds is 8. The molecular weight excluding hydrogens is 492 g/mol. The first-order valence-electron chi connectivity index (χ1n) is 11.9. The molecule has 0 spiro atoms. The maximum Gasteiger partial charge on any atom is 0.281 e. The number of hydrogen-bond donors (Lipinski definition) is 1. The molecule has 1 saturated carbocycles. The van der Waals surface area contributed by atoms with Gasteiger partial charge in [0.1, 0.15) is 24.5 Å². The Kier molecular flexibility index (Phi) is 6.90. The van der Waals surface area contributed by atoms with E-state index < -0.39 is 54.7 Å². The molecule has 1 aromatic carbocycles. The van der Waals surface area contributed by atoms with Crippen LogP contribution in [0.25, 0.3) is 0 Å². The van der Waals surface area contributed by atoms with Crippen LogP contribution in [0.4, 0.5) is 17.6 Å². The maximum atomic E-state index is 14.8. The number of alkyl halides is 3. The molecular formula is C25H24F4N6O2. The molecule has 3 atom stereocenters. The quantitative estimate of drug-likeness (QED) is 0.366. The van der Waals surface area contributed by atoms with E-state index in [2.05, 4.69) is 20.6 Å². The van der Waals surface area contributed by atoms with Gasteiger partial charge in [-0.15, -0.1) is 5.10 Å². The van der Waals surface area contributed by atoms with E-state index >= 15 is 0 Å². The average Bonchev–Trinajstić information content (AvgIpc) is 3.48. The molecule has 0 radical (unpaired) electrons. The zero-order chi connectivity index (χ0) is 26.1. The average molecular weight is 516 g/mol. The number of hydrogen-bond acceptors (Lipinski definition) is 5. The van der Waals surface area contributed by atoms with Crippen LogP contribution >= 0.6 is 0 Å². The lowest BCUT2D eigenvalue weighted by molar-refractivity contribution is -0.139. The van der Waals surface area contributed by atoms with Gasteiger partial charge in [0.05, 0.1) is 24.5 Å². The van der Waals surface area contributed by atoms with E-state index in [1.165, 1.54) is 0 Å². The van der Waals surface area contributed by atoms with Gasteiger partial charge in [0.2, 0.25) is 17.8 Å². The summed E-state index contributed by atoms with van der Waals surface area (Å²) in [4.78, 5) is 31.4. The van der Waals surface area contributed by atoms with E-state index in [1.54, 1.807) is 42.5 Å². The van der Waals surface area contributed by atoms with Crippen LogP contribution in [0.15, 0.2) is 48.7 Å². The standard InChI is InChI=1S/C25H24F4N6O2/c26-16-10-19(34(12-16)21(36)13-35-20(23(27)28)11-30-33-35)25(37)32-22(15-4-2-1-3-5-15)18-9-8-17(14-6-7-14)24(29)31-18/h1-5,8-9,11,14,16,19,22-23H,6-7,10,12-13H2,(H,32,37)/t16-,19+,22+/m1/s1. The summed E-state index contributed by atoms with van der Waals surface area (Å²) in [5.41, 5.74) is 0.861. The van der Waals surface area contributed by atoms with Crippen molar-refractivity contribution in [1.82, 2.24) is 30.2 Å². The third-order valence-corrected chi connectivity index (χ3v) is 6.66. The van der Waals surface area contributed by atoms with Gasteiger partial charge in [-0.3, -0.25) is 9.59 Å². The molecule has 8 nitrogen and oxygen atoms in total. The van der Waals surface area contributed by atoms with Crippen LogP contribution in [0.3, 0.4) is 0 Å². The van der Waals surface area contributed by atoms with Crippen LogP contribution in [-0.4, -0.2) is 55.5 Å². The first kappa shape index (κ1) is 24.8. The van der Waals surface area contributed by atoms with Crippen molar-refractivity contribution in [3.63, 3.8) is 0 Å². The Hall–Kier alpha value is -3.83. The van der Waals surface area contributed by atoms with Gasteiger partial charge in [0.15, 0.2) is 0 Å². The lowest BCUT2D eigenvalue weighted by atomic mass is 10.0. The number of likely N-dealkylation sites (tertiary alicyclic amines) is 1. The summed E-state index contributed by atoms with van der Waals surface area (Å²) in [7, 11) is 0. The summed E-state index contributed by atoms with van der Waals surface area (Å²) in [6.45, 7) is -0.984. The predicted molar refractivity (Wildman–Crippen MR) is 123 cm³/mol. The van der Waals surface area contributed by atoms with Crippen molar-refractivity contribution >= 4 is 11.8 Å². The second-order valence-electron chi connectivity index (χ2n) is 9.25. The SMILES string of the molecule is O=C(N[C@@H](c1ccccc1)c1ccc(C2CC2)c(F)n1)[C@@H]1C[C@@H](F)CN1C(=O)Cn1nncc1C(F)F. The Morgan fingerprint density at radius 2 is 1.86 bits per heavy atom. The van der Waals surface area contributed by atoms with Crippen LogP contribution in [0.2, 0.25) is 0 Å². The Balaban J connectivity index is 1.37. The normalized spacial score (nSPS) is 20.3. The number of benzene rings is 1. The molecule has 1 aliphatic heterocycles. The summed E-state index contributed by atoms with van der Waals surface area (Å²) in [5, 5.41) is 9.69. The monoisotopic (exact) mass is 516 g/mol. The van der Waals surface area contributed by atoms with Gasteiger partial charge in [-0.05, 0) is 30.4 Å². The lowest BCUT2D eigenvalue weighted by Gasteiger charge is -2.26. The Morgan fingerprint density at radius 1 is 1.11 bits per heavy atom. The van der Waals surface area contributed by atoms with E-state index in [1.807, 2.05) is 0 Å². The molecule has 3 aromatic rings. The van der Waals surface area contributed by atoms with Crippen LogP contribution in [0.1, 0.15) is 60.2 Å². The van der Waals surface area contributed by atoms with Crippen molar-refractivity contribution in [3.05, 3.63) is 77.1 Å². The fourth-order valence-electron chi connectivity index (χ4n) is 4.62. The maximum absolute atomic E-state index is 14.8. The second kappa shape index (κ2) is 10.3. The molecule has 2 aromatic heterocycles. The summed E-state index contributed by atoms with van der Waals surface area (Å²) >= 11 is 0. The first-order chi connectivity index (χ1) is 17.8. The smallest absolute Gasteiger partial charge is 0.281 e. The van der Waals surface area contributed by atoms with Crippen molar-refractivity contribution in [1.29, 1.82) is 0 Å². The minimum atomic E-state index is -2.90. The molecule has 1 N–H and O–H groups in total. The number of pyridine rings is 1. The highest BCUT2D eigenvalue weighted by Gasteiger charge is 2.41. The van der Waals surface area contributed by atoms with Gasteiger partial charge in [-0.2, -0.15) is 4.39 Å². The van der Waals surface area contributed by atoms with Gasteiger partial charge in [-0.25, -0.2) is 22.8 Å². The van der Waals surface area contributed by atoms with Crippen molar-refractivity contribution in [2.24, 2.45) is 0 Å². The summed E-state index contributed by atoms with van der Waals surface area (Å²) < 4.78 is 56.2. The topological polar surface area (TPSA) is 93.0 Å². The molecule has 0 unspecified atom stereocenters. The van der Waals surface area contributed by atoms with Crippen molar-refractivity contribution in [2.75, 3.05) is 6.54 Å². The highest BCUT2D eigenvalue weighted by molar-refractivity contribution is 5.88. The number of carbonyl (C=O) groups excluding carboxylic acids is 2. The van der Waals surface area contributed by atoms with E-state index in [4.69, 9.17) is 0 Å². The zero-order valence-corrected chi connectivity index (χ0v) is 19.6. The van der Waals surface area contributed by atoms with Gasteiger partial charge < -0.3 is 10.2 Å². The molecule has 194 valence electrons. The highest BCUT2D eigenvalue weighted by Crippen LogP contribution is 2.41. The fraction of sp³-hybridized carbons (Fsp3) is 0.400. The number of halogens is 4. The van der Waals surface area contributed by atoms with Gasteiger partial charge in [0.25, 0.3) is 6.43 Å². The fourth-order valence-corrected chi connectivity index (χ4v) is 4.62. The zero-order valence-electron chi connectivity index (χ0n) is 19.6. The number of aromatic nitrogens is 4. The largest absolute Gasteiger partial charge is 0.342 e. The minimum Gasteiger partial charge on any atom is -0.342 e. The van der Waals surface area contributed by atoms with Crippen LogP contribution in [0, 0.1) is 5.95 Å². The van der Waals surface area contributed by atoms with Gasteiger partial charge >= 0.3 is 0 Å². The predicted octanol–water partition coefficient (Wildman–Crippen LogP) is 3.47. The number of nitrogens with zero attached hydrogens (tertiary/aromatic N) is 5. The summed E-state index contributed by atoms with van der Waals surface area (Å²) in [6.07, 6.45) is -2.00. The molecule has 2 amide bonds. The molecule has 2 fully saturated rings. The Morgan fingerprint density at radius 3 is 2.54 bits per heavy atom. The van der Waals surface area contributed by atoms with Gasteiger partial charge in [-0.1, -0.05) is 41.6 Å². The number of nitrogens with one attached hydrogen (secondary N) is 1. The van der Waals surface area contributed by atoms with Crippen molar-refractivity contribution in [2.45, 2.75) is 56.4 Å². The molecule has 1 aliphatic carbocycles. The van der Waals surface area contributed by atoms with Crippen molar-refractivity contribution < 1.29 is 27.2 Å². The van der Waals surface area contributed by atoms with Crippen LogP contribution in [-0.2, 0) is 16.1 Å². The molecule has 12 heteroatoms. The van der Waals surface area contributed by atoms with Crippen molar-refractivity contribution in [3.8, 4) is 0 Å². The third-order valence-electron chi connectivity index (χ3n) is 6.66. The second-order valence-corrected chi connectivity index (χ2v) is 9.25. The molecule has 5 rings (SSSR count). The summed E-state index contributed by atoms with van der Waals surface area (Å²) in [5.74, 6) is -1.86. The number of carbonyl (C=O) groups is 2. The number of amides is 2. The molecule has 0 bridgehead atoms. The van der Waals surface area contributed by atoms with Gasteiger partial charge in [0, 0.05) is 12.0 Å². The minimum absolute atomic E-state index is 0.154. The van der Waals surface area contributed by atoms with E-state index in [0.29, 0.717) is 11.1 Å². The first-order valence-corrected chi connectivity index (χ1v) is 11.9. The molecule has 37 heavy (non-hydrogen) atoms. The Labute approximate surface area is 209 Å². The summed E-state index contributed by atoms with van der Waals surface area (Å²) in [6, 6.07) is 10.1. The molecule has 2 aliphatic rings. The molecule has 1 saturated heterocycles. The Bertz CT molecular complexity index is 1280. The van der Waals surface area contributed by atoms with E-state index in [-0.39, 0.29) is 24.6 Å². The highest BCUT2D eigenvalue weighted by atomic mass is 19.3. The van der Waals surface area contributed by atoms with E-state index in [9.17, 15) is 27.2 Å². The van der Waals surface area contributed by atoms with Crippen LogP contribution in [0.5, 0.6) is 0 Å². The molecule has 3 heterocycles. The third kappa shape index (κ3) is 5.32. The van der Waals surface area contributed by atoms with E-state index in [0.717, 1.165) is 28.6 Å².